The Bertz CT molecular complexity index is 538. The molecule has 2 aromatic rings. The second-order valence-electron chi connectivity index (χ2n) is 3.63. The maximum atomic E-state index is 12.7. The highest BCUT2D eigenvalue weighted by Crippen LogP contribution is 2.09. The van der Waals surface area contributed by atoms with Crippen molar-refractivity contribution >= 4 is 11.7 Å². The van der Waals surface area contributed by atoms with Gasteiger partial charge in [-0.05, 0) is 24.3 Å². The number of aromatic nitrogens is 3. The molecule has 0 radical (unpaired) electrons. The Morgan fingerprint density at radius 1 is 1.39 bits per heavy atom. The van der Waals surface area contributed by atoms with Crippen LogP contribution < -0.4 is 5.32 Å². The molecule has 1 heterocycles. The zero-order chi connectivity index (χ0) is 13.0. The molecular weight excluding hydrogens is 239 g/mol. The van der Waals surface area contributed by atoms with E-state index in [1.165, 1.54) is 12.1 Å². The van der Waals surface area contributed by atoms with Gasteiger partial charge >= 0.3 is 5.97 Å². The molecule has 7 heteroatoms. The number of rotatable bonds is 5. The third-order valence-electron chi connectivity index (χ3n) is 2.19. The van der Waals surface area contributed by atoms with Crippen LogP contribution in [0.3, 0.4) is 0 Å². The van der Waals surface area contributed by atoms with E-state index in [4.69, 9.17) is 5.11 Å². The molecule has 0 unspecified atom stereocenters. The van der Waals surface area contributed by atoms with Crippen LogP contribution in [0.1, 0.15) is 11.6 Å². The van der Waals surface area contributed by atoms with Gasteiger partial charge in [0.25, 0.3) is 0 Å². The number of carbonyl (C=O) groups is 1. The Morgan fingerprint density at radius 3 is 2.78 bits per heavy atom. The quantitative estimate of drug-likeness (QED) is 0.741. The lowest BCUT2D eigenvalue weighted by atomic mass is 10.3. The van der Waals surface area contributed by atoms with Gasteiger partial charge < -0.3 is 10.4 Å². The maximum Gasteiger partial charge on any atom is 0.311 e. The van der Waals surface area contributed by atoms with Gasteiger partial charge in [0.2, 0.25) is 0 Å². The van der Waals surface area contributed by atoms with Crippen molar-refractivity contribution < 1.29 is 14.3 Å². The summed E-state index contributed by atoms with van der Waals surface area (Å²) in [6.07, 6.45) is -0.215. The second-order valence-corrected chi connectivity index (χ2v) is 3.63. The van der Waals surface area contributed by atoms with Gasteiger partial charge in [-0.15, -0.1) is 0 Å². The molecule has 0 atom stereocenters. The molecule has 0 saturated carbocycles. The molecule has 94 valence electrons. The number of hydrogen-bond acceptors (Lipinski definition) is 4. The lowest BCUT2D eigenvalue weighted by Gasteiger charge is -2.02. The van der Waals surface area contributed by atoms with Crippen LogP contribution in [0.5, 0.6) is 0 Å². The Kier molecular flexibility index (Phi) is 3.52. The van der Waals surface area contributed by atoms with Crippen LogP contribution in [0.2, 0.25) is 0 Å². The van der Waals surface area contributed by atoms with Gasteiger partial charge in [-0.3, -0.25) is 9.89 Å². The number of nitrogens with one attached hydrogen (secondary N) is 2. The van der Waals surface area contributed by atoms with Crippen molar-refractivity contribution in [1.29, 1.82) is 0 Å². The van der Waals surface area contributed by atoms with Crippen LogP contribution in [-0.2, 0) is 17.8 Å². The summed E-state index contributed by atoms with van der Waals surface area (Å²) in [5.41, 5.74) is 0.743. The first-order valence-corrected chi connectivity index (χ1v) is 5.25. The minimum Gasteiger partial charge on any atom is -0.481 e. The van der Waals surface area contributed by atoms with Crippen molar-refractivity contribution in [1.82, 2.24) is 15.2 Å². The average Bonchev–Trinajstić information content (AvgIpc) is 2.75. The first-order valence-electron chi connectivity index (χ1n) is 5.25. The van der Waals surface area contributed by atoms with E-state index in [0.29, 0.717) is 12.4 Å². The Labute approximate surface area is 102 Å². The van der Waals surface area contributed by atoms with Crippen LogP contribution >= 0.6 is 0 Å². The lowest BCUT2D eigenvalue weighted by molar-refractivity contribution is -0.136. The number of anilines is 1. The average molecular weight is 250 g/mol. The summed E-state index contributed by atoms with van der Waals surface area (Å²) in [4.78, 5) is 14.4. The molecular formula is C11H11FN4O2. The number of H-pyrrole nitrogens is 1. The van der Waals surface area contributed by atoms with Crippen LogP contribution in [0.25, 0.3) is 0 Å². The first-order chi connectivity index (χ1) is 8.63. The highest BCUT2D eigenvalue weighted by molar-refractivity contribution is 5.68. The number of aliphatic carboxylic acids is 1. The van der Waals surface area contributed by atoms with Gasteiger partial charge in [-0.25, -0.2) is 9.37 Å². The van der Waals surface area contributed by atoms with E-state index in [1.807, 2.05) is 0 Å². The van der Waals surface area contributed by atoms with E-state index < -0.39 is 5.97 Å². The van der Waals surface area contributed by atoms with E-state index >= 15 is 0 Å². The number of benzene rings is 1. The van der Waals surface area contributed by atoms with Gasteiger partial charge in [-0.2, -0.15) is 5.10 Å². The smallest absolute Gasteiger partial charge is 0.311 e. The summed E-state index contributed by atoms with van der Waals surface area (Å²) in [5.74, 6) is -0.523. The van der Waals surface area contributed by atoms with Gasteiger partial charge in [0.15, 0.2) is 5.82 Å². The molecule has 0 aliphatic heterocycles. The Morgan fingerprint density at radius 2 is 2.11 bits per heavy atom. The summed E-state index contributed by atoms with van der Waals surface area (Å²) in [6.45, 7) is 0.359. The Hall–Kier alpha value is -2.44. The highest BCUT2D eigenvalue weighted by Gasteiger charge is 2.07. The largest absolute Gasteiger partial charge is 0.481 e. The topological polar surface area (TPSA) is 90.9 Å². The third kappa shape index (κ3) is 3.27. The van der Waals surface area contributed by atoms with Gasteiger partial charge in [-0.1, -0.05) is 0 Å². The number of halogens is 1. The second kappa shape index (κ2) is 5.26. The molecule has 6 nitrogen and oxygen atoms in total. The van der Waals surface area contributed by atoms with Crippen molar-refractivity contribution in [2.24, 2.45) is 0 Å². The molecule has 2 rings (SSSR count). The van der Waals surface area contributed by atoms with E-state index in [0.717, 1.165) is 5.69 Å². The molecule has 0 aliphatic carbocycles. The molecule has 18 heavy (non-hydrogen) atoms. The molecule has 0 spiro atoms. The summed E-state index contributed by atoms with van der Waals surface area (Å²) in [5, 5.41) is 18.0. The summed E-state index contributed by atoms with van der Waals surface area (Å²) in [7, 11) is 0. The zero-order valence-electron chi connectivity index (χ0n) is 9.35. The van der Waals surface area contributed by atoms with Crippen molar-refractivity contribution in [3.63, 3.8) is 0 Å². The predicted octanol–water partition coefficient (Wildman–Crippen LogP) is 1.18. The minimum absolute atomic E-state index is 0.215. The number of carboxylic acid groups (broad SMARTS) is 1. The van der Waals surface area contributed by atoms with Gasteiger partial charge in [0.05, 0.1) is 6.54 Å². The van der Waals surface area contributed by atoms with Crippen molar-refractivity contribution in [2.75, 3.05) is 5.32 Å². The highest BCUT2D eigenvalue weighted by atomic mass is 19.1. The maximum absolute atomic E-state index is 12.7. The number of carboxylic acids is 1. The van der Waals surface area contributed by atoms with Crippen LogP contribution in [0.4, 0.5) is 10.1 Å². The third-order valence-corrected chi connectivity index (χ3v) is 2.19. The van der Waals surface area contributed by atoms with Crippen LogP contribution in [-0.4, -0.2) is 26.3 Å². The molecule has 1 aromatic carbocycles. The monoisotopic (exact) mass is 250 g/mol. The predicted molar refractivity (Wildman–Crippen MR) is 61.4 cm³/mol. The van der Waals surface area contributed by atoms with Crippen LogP contribution in [0, 0.1) is 5.82 Å². The normalized spacial score (nSPS) is 10.3. The number of nitrogens with zero attached hydrogens (tertiary/aromatic N) is 2. The van der Waals surface area contributed by atoms with Gasteiger partial charge in [0, 0.05) is 5.69 Å². The van der Waals surface area contributed by atoms with E-state index in [1.54, 1.807) is 12.1 Å². The van der Waals surface area contributed by atoms with E-state index in [9.17, 15) is 9.18 Å². The molecule has 0 aliphatic rings. The lowest BCUT2D eigenvalue weighted by Crippen LogP contribution is -2.03. The van der Waals surface area contributed by atoms with E-state index in [2.05, 4.69) is 20.5 Å². The molecule has 0 fully saturated rings. The minimum atomic E-state index is -0.980. The van der Waals surface area contributed by atoms with Crippen molar-refractivity contribution in [3.05, 3.63) is 41.7 Å². The fourth-order valence-electron chi connectivity index (χ4n) is 1.38. The number of hydrogen-bond donors (Lipinski definition) is 3. The van der Waals surface area contributed by atoms with Crippen molar-refractivity contribution in [2.45, 2.75) is 13.0 Å². The molecule has 1 aromatic heterocycles. The SMILES string of the molecule is O=C(O)Cc1n[nH]c(CNc2ccc(F)cc2)n1. The zero-order valence-corrected chi connectivity index (χ0v) is 9.35. The molecule has 0 saturated heterocycles. The van der Waals surface area contributed by atoms with E-state index in [-0.39, 0.29) is 18.1 Å². The standard InChI is InChI=1S/C11H11FN4O2/c12-7-1-3-8(4-2-7)13-6-10-14-9(15-16-10)5-11(17)18/h1-4,13H,5-6H2,(H,17,18)(H,14,15,16). The first kappa shape index (κ1) is 12.0. The molecule has 0 bridgehead atoms. The summed E-state index contributed by atoms with van der Waals surface area (Å²) < 4.78 is 12.7. The fraction of sp³-hybridized carbons (Fsp3) is 0.182. The molecule has 0 amide bonds. The Balaban J connectivity index is 1.92. The summed E-state index contributed by atoms with van der Waals surface area (Å²) in [6, 6.07) is 5.89. The summed E-state index contributed by atoms with van der Waals surface area (Å²) >= 11 is 0. The van der Waals surface area contributed by atoms with Crippen molar-refractivity contribution in [3.8, 4) is 0 Å². The fourth-order valence-corrected chi connectivity index (χ4v) is 1.38. The number of aromatic amines is 1. The van der Waals surface area contributed by atoms with Gasteiger partial charge in [0.1, 0.15) is 18.1 Å². The molecule has 3 N–H and O–H groups in total. The van der Waals surface area contributed by atoms with Crippen LogP contribution in [0.15, 0.2) is 24.3 Å².